The maximum absolute atomic E-state index is 11.7. The van der Waals surface area contributed by atoms with E-state index in [-0.39, 0.29) is 11.8 Å². The molecule has 1 N–H and O–H groups in total. The van der Waals surface area contributed by atoms with E-state index >= 15 is 0 Å². The molecule has 0 fully saturated rings. The van der Waals surface area contributed by atoms with E-state index in [9.17, 15) is 9.59 Å². The maximum Gasteiger partial charge on any atom is 0.251 e. The number of nitrogens with one attached hydrogen (secondary N) is 1. The van der Waals surface area contributed by atoms with Gasteiger partial charge in [-0.25, -0.2) is 0 Å². The van der Waals surface area contributed by atoms with Gasteiger partial charge < -0.3 is 10.2 Å². The van der Waals surface area contributed by atoms with Crippen LogP contribution in [0, 0.1) is 0 Å². The Hall–Kier alpha value is -2.36. The summed E-state index contributed by atoms with van der Waals surface area (Å²) in [5, 5.41) is 2.54. The van der Waals surface area contributed by atoms with Crippen molar-refractivity contribution < 1.29 is 9.59 Å². The monoisotopic (exact) mass is 244 g/mol. The van der Waals surface area contributed by atoms with Crippen LogP contribution in [-0.2, 0) is 4.79 Å². The predicted octanol–water partition coefficient (Wildman–Crippen LogP) is 1.75. The van der Waals surface area contributed by atoms with Crippen LogP contribution in [0.15, 0.2) is 49.1 Å². The maximum atomic E-state index is 11.7. The van der Waals surface area contributed by atoms with E-state index in [0.717, 1.165) is 5.69 Å². The molecule has 0 aliphatic rings. The van der Waals surface area contributed by atoms with E-state index in [4.69, 9.17) is 0 Å². The number of rotatable bonds is 4. The first-order valence-corrected chi connectivity index (χ1v) is 5.49. The summed E-state index contributed by atoms with van der Waals surface area (Å²) >= 11 is 0. The standard InChI is InChI=1S/C14H16N2O2/c1-4-5-6-13(17)16(3)12-9-7-11(8-10-12)14(18)15-2/h4-10H,1H2,2-3H3,(H,15,18)/b6-5-. The number of anilines is 1. The lowest BCUT2D eigenvalue weighted by Crippen LogP contribution is -2.24. The summed E-state index contributed by atoms with van der Waals surface area (Å²) in [6.45, 7) is 3.50. The van der Waals surface area contributed by atoms with Gasteiger partial charge in [0.2, 0.25) is 0 Å². The highest BCUT2D eigenvalue weighted by molar-refractivity contribution is 6.01. The topological polar surface area (TPSA) is 49.4 Å². The van der Waals surface area contributed by atoms with Gasteiger partial charge in [-0.3, -0.25) is 9.59 Å². The van der Waals surface area contributed by atoms with Gasteiger partial charge in [-0.1, -0.05) is 18.7 Å². The Bertz CT molecular complexity index is 475. The molecule has 0 aromatic heterocycles. The van der Waals surface area contributed by atoms with Crippen LogP contribution in [0.25, 0.3) is 0 Å². The largest absolute Gasteiger partial charge is 0.355 e. The lowest BCUT2D eigenvalue weighted by molar-refractivity contribution is -0.113. The zero-order chi connectivity index (χ0) is 13.5. The van der Waals surface area contributed by atoms with Gasteiger partial charge in [0.15, 0.2) is 0 Å². The summed E-state index contributed by atoms with van der Waals surface area (Å²) in [5.74, 6) is -0.301. The predicted molar refractivity (Wildman–Crippen MR) is 72.6 cm³/mol. The zero-order valence-corrected chi connectivity index (χ0v) is 10.5. The highest BCUT2D eigenvalue weighted by atomic mass is 16.2. The van der Waals surface area contributed by atoms with E-state index in [1.165, 1.54) is 11.0 Å². The Morgan fingerprint density at radius 2 is 1.89 bits per heavy atom. The molecule has 0 atom stereocenters. The number of amides is 2. The molecule has 0 saturated heterocycles. The molecule has 2 amide bonds. The summed E-state index contributed by atoms with van der Waals surface area (Å²) in [6.07, 6.45) is 4.55. The Kier molecular flexibility index (Phi) is 4.87. The number of carbonyl (C=O) groups excluding carboxylic acids is 2. The zero-order valence-electron chi connectivity index (χ0n) is 10.5. The molecule has 0 radical (unpaired) electrons. The van der Waals surface area contributed by atoms with E-state index in [2.05, 4.69) is 11.9 Å². The van der Waals surface area contributed by atoms with Crippen LogP contribution >= 0.6 is 0 Å². The molecule has 1 rings (SSSR count). The van der Waals surface area contributed by atoms with Crippen molar-refractivity contribution >= 4 is 17.5 Å². The van der Waals surface area contributed by atoms with Crippen molar-refractivity contribution in [2.24, 2.45) is 0 Å². The number of hydrogen-bond donors (Lipinski definition) is 1. The van der Waals surface area contributed by atoms with Crippen molar-refractivity contribution in [2.75, 3.05) is 19.0 Å². The summed E-state index contributed by atoms with van der Waals surface area (Å²) in [4.78, 5) is 24.5. The third kappa shape index (κ3) is 3.31. The number of benzene rings is 1. The minimum absolute atomic E-state index is 0.150. The smallest absolute Gasteiger partial charge is 0.251 e. The van der Waals surface area contributed by atoms with Gasteiger partial charge in [0.05, 0.1) is 0 Å². The molecule has 0 unspecified atom stereocenters. The Labute approximate surface area is 107 Å². The average Bonchev–Trinajstić information content (AvgIpc) is 2.43. The Balaban J connectivity index is 2.84. The molecular weight excluding hydrogens is 228 g/mol. The lowest BCUT2D eigenvalue weighted by Gasteiger charge is -2.15. The van der Waals surface area contributed by atoms with Crippen molar-refractivity contribution in [2.45, 2.75) is 0 Å². The molecule has 4 nitrogen and oxygen atoms in total. The lowest BCUT2D eigenvalue weighted by atomic mass is 10.2. The first-order valence-electron chi connectivity index (χ1n) is 5.49. The molecule has 0 saturated carbocycles. The van der Waals surface area contributed by atoms with Crippen molar-refractivity contribution in [3.63, 3.8) is 0 Å². The van der Waals surface area contributed by atoms with Gasteiger partial charge in [-0.2, -0.15) is 0 Å². The third-order valence-corrected chi connectivity index (χ3v) is 2.45. The van der Waals surface area contributed by atoms with E-state index < -0.39 is 0 Å². The van der Waals surface area contributed by atoms with Gasteiger partial charge in [0.25, 0.3) is 11.8 Å². The molecule has 94 valence electrons. The average molecular weight is 244 g/mol. The number of hydrogen-bond acceptors (Lipinski definition) is 2. The highest BCUT2D eigenvalue weighted by Gasteiger charge is 2.08. The second kappa shape index (κ2) is 6.39. The second-order valence-electron chi connectivity index (χ2n) is 3.62. The molecular formula is C14H16N2O2. The number of allylic oxidation sites excluding steroid dienone is 2. The molecule has 0 aliphatic heterocycles. The molecule has 0 spiro atoms. The molecule has 18 heavy (non-hydrogen) atoms. The summed E-state index contributed by atoms with van der Waals surface area (Å²) in [6, 6.07) is 6.80. The van der Waals surface area contributed by atoms with Gasteiger partial charge in [-0.05, 0) is 24.3 Å². The van der Waals surface area contributed by atoms with Crippen LogP contribution in [0.3, 0.4) is 0 Å². The molecule has 1 aromatic carbocycles. The minimum atomic E-state index is -0.151. The normalized spacial score (nSPS) is 10.1. The van der Waals surface area contributed by atoms with Gasteiger partial charge >= 0.3 is 0 Å². The number of nitrogens with zero attached hydrogens (tertiary/aromatic N) is 1. The van der Waals surface area contributed by atoms with Crippen molar-refractivity contribution in [3.8, 4) is 0 Å². The second-order valence-corrected chi connectivity index (χ2v) is 3.62. The quantitative estimate of drug-likeness (QED) is 0.648. The van der Waals surface area contributed by atoms with Crippen molar-refractivity contribution in [1.29, 1.82) is 0 Å². The van der Waals surface area contributed by atoms with E-state index in [1.807, 2.05) is 0 Å². The highest BCUT2D eigenvalue weighted by Crippen LogP contribution is 2.14. The molecule has 0 bridgehead atoms. The van der Waals surface area contributed by atoms with Crippen LogP contribution in [0.2, 0.25) is 0 Å². The van der Waals surface area contributed by atoms with Gasteiger partial charge in [0.1, 0.15) is 0 Å². The number of likely N-dealkylation sites (N-methyl/N-ethyl adjacent to an activating group) is 1. The molecule has 4 heteroatoms. The van der Waals surface area contributed by atoms with Gasteiger partial charge in [-0.15, -0.1) is 0 Å². The fourth-order valence-corrected chi connectivity index (χ4v) is 1.37. The van der Waals surface area contributed by atoms with Crippen LogP contribution < -0.4 is 10.2 Å². The van der Waals surface area contributed by atoms with Crippen LogP contribution in [0.4, 0.5) is 5.69 Å². The summed E-state index contributed by atoms with van der Waals surface area (Å²) in [7, 11) is 3.25. The summed E-state index contributed by atoms with van der Waals surface area (Å²) in [5.41, 5.74) is 1.28. The van der Waals surface area contributed by atoms with Crippen molar-refractivity contribution in [1.82, 2.24) is 5.32 Å². The SMILES string of the molecule is C=C/C=C\C(=O)N(C)c1ccc(C(=O)NC)cc1. The third-order valence-electron chi connectivity index (χ3n) is 2.45. The fourth-order valence-electron chi connectivity index (χ4n) is 1.37. The number of carbonyl (C=O) groups is 2. The first kappa shape index (κ1) is 13.7. The van der Waals surface area contributed by atoms with E-state index in [0.29, 0.717) is 5.56 Å². The Morgan fingerprint density at radius 3 is 2.39 bits per heavy atom. The van der Waals surface area contributed by atoms with Crippen molar-refractivity contribution in [3.05, 3.63) is 54.6 Å². The minimum Gasteiger partial charge on any atom is -0.355 e. The first-order chi connectivity index (χ1) is 8.60. The van der Waals surface area contributed by atoms with Crippen LogP contribution in [0.5, 0.6) is 0 Å². The van der Waals surface area contributed by atoms with E-state index in [1.54, 1.807) is 50.5 Å². The fraction of sp³-hybridized carbons (Fsp3) is 0.143. The summed E-state index contributed by atoms with van der Waals surface area (Å²) < 4.78 is 0. The Morgan fingerprint density at radius 1 is 1.28 bits per heavy atom. The van der Waals surface area contributed by atoms with Gasteiger partial charge in [0, 0.05) is 31.4 Å². The molecule has 0 heterocycles. The van der Waals surface area contributed by atoms with Crippen LogP contribution in [0.1, 0.15) is 10.4 Å². The molecule has 0 aliphatic carbocycles. The molecule has 1 aromatic rings. The van der Waals surface area contributed by atoms with Crippen LogP contribution in [-0.4, -0.2) is 25.9 Å².